The summed E-state index contributed by atoms with van der Waals surface area (Å²) in [5.41, 5.74) is 5.15. The van der Waals surface area contributed by atoms with Crippen LogP contribution < -0.4 is 16.6 Å². The van der Waals surface area contributed by atoms with Gasteiger partial charge in [0.25, 0.3) is 5.91 Å². The van der Waals surface area contributed by atoms with Crippen LogP contribution in [0.15, 0.2) is 36.4 Å². The Morgan fingerprint density at radius 3 is 2.48 bits per heavy atom. The van der Waals surface area contributed by atoms with Gasteiger partial charge in [-0.25, -0.2) is 10.8 Å². The normalized spacial score (nSPS) is 13.8. The number of hydrogen-bond acceptors (Lipinski definition) is 4. The molecule has 1 aliphatic rings. The van der Waals surface area contributed by atoms with Crippen molar-refractivity contribution in [1.82, 2.24) is 10.3 Å². The van der Waals surface area contributed by atoms with E-state index in [0.717, 1.165) is 12.8 Å². The zero-order valence-corrected chi connectivity index (χ0v) is 12.0. The molecular weight excluding hydrogens is 288 g/mol. The highest BCUT2D eigenvalue weighted by Gasteiger charge is 2.24. The maximum atomic E-state index is 12.3. The Bertz CT molecular complexity index is 664. The second kappa shape index (κ2) is 5.71. The summed E-state index contributed by atoms with van der Waals surface area (Å²) in [7, 11) is 0. The molecule has 1 aromatic carbocycles. The smallest absolute Gasteiger partial charge is 0.271 e. The van der Waals surface area contributed by atoms with Gasteiger partial charge in [-0.05, 0) is 36.1 Å². The lowest BCUT2D eigenvalue weighted by molar-refractivity contribution is 0.0934. The Kier molecular flexibility index (Phi) is 3.77. The van der Waals surface area contributed by atoms with Crippen LogP contribution in [0.4, 0.5) is 5.82 Å². The molecule has 1 aromatic heterocycles. The second-order valence-corrected chi connectivity index (χ2v) is 5.43. The summed E-state index contributed by atoms with van der Waals surface area (Å²) >= 11 is 6.03. The first-order valence-electron chi connectivity index (χ1n) is 6.68. The van der Waals surface area contributed by atoms with Crippen LogP contribution in [0, 0.1) is 0 Å². The molecule has 0 saturated heterocycles. The van der Waals surface area contributed by atoms with Gasteiger partial charge >= 0.3 is 0 Å². The number of amides is 1. The number of pyridine rings is 1. The number of halogens is 1. The van der Waals surface area contributed by atoms with Gasteiger partial charge in [0.15, 0.2) is 0 Å². The third-order valence-corrected chi connectivity index (χ3v) is 3.90. The van der Waals surface area contributed by atoms with E-state index >= 15 is 0 Å². The lowest BCUT2D eigenvalue weighted by Gasteiger charge is -2.13. The molecular formula is C15H15ClN4O. The summed E-state index contributed by atoms with van der Waals surface area (Å²) in [5, 5.41) is 3.29. The number of nitrogens with two attached hydrogens (primary N) is 1. The molecule has 0 unspecified atom stereocenters. The van der Waals surface area contributed by atoms with Gasteiger partial charge in [0.1, 0.15) is 11.5 Å². The molecule has 4 N–H and O–H groups in total. The Morgan fingerprint density at radius 1 is 1.19 bits per heavy atom. The third kappa shape index (κ3) is 2.84. The largest absolute Gasteiger partial charge is 0.347 e. The van der Waals surface area contributed by atoms with E-state index in [1.807, 2.05) is 12.1 Å². The van der Waals surface area contributed by atoms with E-state index in [-0.39, 0.29) is 17.6 Å². The number of carbonyl (C=O) groups excluding carboxylic acids is 1. The van der Waals surface area contributed by atoms with Crippen molar-refractivity contribution in [3.63, 3.8) is 0 Å². The predicted molar refractivity (Wildman–Crippen MR) is 82.2 cm³/mol. The number of carbonyl (C=O) groups is 1. The van der Waals surface area contributed by atoms with Gasteiger partial charge in [-0.3, -0.25) is 4.79 Å². The molecule has 0 bridgehead atoms. The fourth-order valence-electron chi connectivity index (χ4n) is 2.60. The van der Waals surface area contributed by atoms with Crippen LogP contribution in [-0.4, -0.2) is 16.9 Å². The van der Waals surface area contributed by atoms with Crippen molar-refractivity contribution in [2.45, 2.75) is 18.9 Å². The Hall–Kier alpha value is -2.11. The van der Waals surface area contributed by atoms with Gasteiger partial charge in [-0.2, -0.15) is 0 Å². The minimum absolute atomic E-state index is 0.0715. The quantitative estimate of drug-likeness (QED) is 0.598. The number of benzene rings is 1. The van der Waals surface area contributed by atoms with Gasteiger partial charge in [0, 0.05) is 6.04 Å². The van der Waals surface area contributed by atoms with Crippen LogP contribution in [0.3, 0.4) is 0 Å². The number of nitrogens with one attached hydrogen (secondary N) is 2. The number of anilines is 1. The number of hydrazine groups is 1. The van der Waals surface area contributed by atoms with E-state index in [1.54, 1.807) is 12.1 Å². The molecule has 1 aliphatic carbocycles. The van der Waals surface area contributed by atoms with E-state index in [4.69, 9.17) is 17.4 Å². The number of aromatic nitrogens is 1. The second-order valence-electron chi connectivity index (χ2n) is 5.02. The van der Waals surface area contributed by atoms with Gasteiger partial charge < -0.3 is 10.7 Å². The monoisotopic (exact) mass is 302 g/mol. The van der Waals surface area contributed by atoms with Gasteiger partial charge in [-0.1, -0.05) is 35.9 Å². The van der Waals surface area contributed by atoms with Crippen LogP contribution in [-0.2, 0) is 12.8 Å². The maximum Gasteiger partial charge on any atom is 0.271 e. The first-order valence-corrected chi connectivity index (χ1v) is 7.06. The fourth-order valence-corrected chi connectivity index (χ4v) is 2.79. The molecule has 108 valence electrons. The van der Waals surface area contributed by atoms with Crippen molar-refractivity contribution in [3.05, 3.63) is 58.2 Å². The summed E-state index contributed by atoms with van der Waals surface area (Å²) in [5.74, 6) is 5.42. The summed E-state index contributed by atoms with van der Waals surface area (Å²) in [6, 6.07) is 11.5. The Labute approximate surface area is 127 Å². The number of hydrogen-bond donors (Lipinski definition) is 3. The first kappa shape index (κ1) is 13.9. The average molecular weight is 303 g/mol. The van der Waals surface area contributed by atoms with Crippen molar-refractivity contribution in [1.29, 1.82) is 0 Å². The maximum absolute atomic E-state index is 12.3. The van der Waals surface area contributed by atoms with Crippen molar-refractivity contribution in [2.75, 3.05) is 5.43 Å². The third-order valence-electron chi connectivity index (χ3n) is 3.60. The molecule has 0 atom stereocenters. The minimum Gasteiger partial charge on any atom is -0.347 e. The van der Waals surface area contributed by atoms with Crippen LogP contribution in [0.2, 0.25) is 5.02 Å². The molecule has 0 radical (unpaired) electrons. The molecule has 5 nitrogen and oxygen atoms in total. The molecule has 21 heavy (non-hydrogen) atoms. The summed E-state index contributed by atoms with van der Waals surface area (Å²) in [4.78, 5) is 16.4. The standard InChI is InChI=1S/C15H15ClN4O/c16-12-5-6-13(20-17)19-14(12)15(21)18-11-7-9-3-1-2-4-10(9)8-11/h1-6,11H,7-8,17H2,(H,18,21)(H,19,20). The summed E-state index contributed by atoms with van der Waals surface area (Å²) in [6.07, 6.45) is 1.66. The highest BCUT2D eigenvalue weighted by atomic mass is 35.5. The SMILES string of the molecule is NNc1ccc(Cl)c(C(=O)NC2Cc3ccccc3C2)n1. The van der Waals surface area contributed by atoms with E-state index in [1.165, 1.54) is 11.1 Å². The summed E-state index contributed by atoms with van der Waals surface area (Å²) in [6.45, 7) is 0. The molecule has 2 aromatic rings. The van der Waals surface area contributed by atoms with Gasteiger partial charge in [0.2, 0.25) is 0 Å². The van der Waals surface area contributed by atoms with E-state index in [2.05, 4.69) is 27.9 Å². The summed E-state index contributed by atoms with van der Waals surface area (Å²) < 4.78 is 0. The molecule has 0 spiro atoms. The lowest BCUT2D eigenvalue weighted by atomic mass is 10.1. The molecule has 1 amide bonds. The molecule has 6 heteroatoms. The highest BCUT2D eigenvalue weighted by molar-refractivity contribution is 6.33. The van der Waals surface area contributed by atoms with E-state index in [9.17, 15) is 4.79 Å². The molecule has 0 aliphatic heterocycles. The Morgan fingerprint density at radius 2 is 1.86 bits per heavy atom. The van der Waals surface area contributed by atoms with Gasteiger partial charge in [-0.15, -0.1) is 0 Å². The van der Waals surface area contributed by atoms with Crippen molar-refractivity contribution >= 4 is 23.3 Å². The van der Waals surface area contributed by atoms with Crippen LogP contribution in [0.25, 0.3) is 0 Å². The zero-order valence-electron chi connectivity index (χ0n) is 11.3. The topological polar surface area (TPSA) is 80.0 Å². The van der Waals surface area contributed by atoms with Gasteiger partial charge in [0.05, 0.1) is 5.02 Å². The van der Waals surface area contributed by atoms with Crippen molar-refractivity contribution in [3.8, 4) is 0 Å². The lowest BCUT2D eigenvalue weighted by Crippen LogP contribution is -2.36. The van der Waals surface area contributed by atoms with Crippen molar-refractivity contribution < 1.29 is 4.79 Å². The van der Waals surface area contributed by atoms with E-state index in [0.29, 0.717) is 10.8 Å². The number of nitrogens with zero attached hydrogens (tertiary/aromatic N) is 1. The zero-order chi connectivity index (χ0) is 14.8. The highest BCUT2D eigenvalue weighted by Crippen LogP contribution is 2.22. The molecule has 1 heterocycles. The molecule has 0 fully saturated rings. The Balaban J connectivity index is 1.73. The average Bonchev–Trinajstić information content (AvgIpc) is 2.89. The fraction of sp³-hybridized carbons (Fsp3) is 0.200. The number of fused-ring (bicyclic) bond motifs is 1. The van der Waals surface area contributed by atoms with Crippen LogP contribution >= 0.6 is 11.6 Å². The first-order chi connectivity index (χ1) is 10.2. The molecule has 3 rings (SSSR count). The number of rotatable bonds is 3. The van der Waals surface area contributed by atoms with Crippen LogP contribution in [0.1, 0.15) is 21.6 Å². The number of nitrogen functional groups attached to an aromatic ring is 1. The minimum atomic E-state index is -0.282. The van der Waals surface area contributed by atoms with Crippen LogP contribution in [0.5, 0.6) is 0 Å². The van der Waals surface area contributed by atoms with E-state index < -0.39 is 0 Å². The predicted octanol–water partition coefficient (Wildman–Crippen LogP) is 1.92. The van der Waals surface area contributed by atoms with Crippen molar-refractivity contribution in [2.24, 2.45) is 5.84 Å². The molecule has 0 saturated carbocycles.